The van der Waals surface area contributed by atoms with E-state index in [0.717, 1.165) is 18.5 Å². The Hall–Kier alpha value is -0.600. The van der Waals surface area contributed by atoms with Crippen molar-refractivity contribution in [2.45, 2.75) is 13.3 Å². The second-order valence-electron chi connectivity index (χ2n) is 3.43. The van der Waals surface area contributed by atoms with Gasteiger partial charge in [-0.25, -0.2) is 0 Å². The molecule has 0 aromatic carbocycles. The molecule has 2 nitrogen and oxygen atoms in total. The van der Waals surface area contributed by atoms with E-state index in [0.29, 0.717) is 6.54 Å². The van der Waals surface area contributed by atoms with Crippen molar-refractivity contribution >= 4 is 0 Å². The largest absolute Gasteiger partial charge is 0.314 e. The highest BCUT2D eigenvalue weighted by molar-refractivity contribution is 5.22. The highest BCUT2D eigenvalue weighted by atomic mass is 16.5. The highest BCUT2D eigenvalue weighted by Gasteiger charge is 2.34. The lowest BCUT2D eigenvalue weighted by Gasteiger charge is -2.23. The molecular weight excluding hydrogens is 138 g/mol. The van der Waals surface area contributed by atoms with Gasteiger partial charge in [-0.3, -0.25) is 0 Å². The molecule has 0 amide bonds. The third kappa shape index (κ3) is 1.52. The predicted molar refractivity (Wildman–Crippen MR) is 45.4 cm³/mol. The molecule has 1 heterocycles. The molecule has 11 heavy (non-hydrogen) atoms. The fraction of sp³-hybridized carbons (Fsp3) is 0.556. The first-order valence-corrected chi connectivity index (χ1v) is 3.84. The lowest BCUT2D eigenvalue weighted by molar-refractivity contribution is -0.0742. The number of hydroxylamine groups is 2. The zero-order valence-electron chi connectivity index (χ0n) is 7.01. The van der Waals surface area contributed by atoms with Gasteiger partial charge < -0.3 is 5.21 Å². The van der Waals surface area contributed by atoms with Gasteiger partial charge in [0.1, 0.15) is 0 Å². The molecule has 1 saturated heterocycles. The van der Waals surface area contributed by atoms with Gasteiger partial charge in [0, 0.05) is 18.5 Å². The second kappa shape index (κ2) is 2.80. The van der Waals surface area contributed by atoms with Crippen LogP contribution in [0.5, 0.6) is 0 Å². The van der Waals surface area contributed by atoms with E-state index in [1.807, 2.05) is 0 Å². The standard InChI is InChI=1S/C9H15NO/c1-4-8(2)9(3)5-6-10(11)7-9/h4,11H,1-2,5-7H2,3H3. The van der Waals surface area contributed by atoms with Gasteiger partial charge in [-0.2, -0.15) is 5.06 Å². The molecule has 1 aliphatic rings. The van der Waals surface area contributed by atoms with Crippen LogP contribution in [-0.4, -0.2) is 23.4 Å². The Morgan fingerprint density at radius 1 is 1.73 bits per heavy atom. The van der Waals surface area contributed by atoms with Crippen LogP contribution in [0.1, 0.15) is 13.3 Å². The minimum atomic E-state index is 0.0382. The number of rotatable bonds is 2. The van der Waals surface area contributed by atoms with E-state index in [9.17, 15) is 0 Å². The monoisotopic (exact) mass is 153 g/mol. The molecule has 1 unspecified atom stereocenters. The molecule has 1 N–H and O–H groups in total. The minimum Gasteiger partial charge on any atom is -0.314 e. The molecule has 1 rings (SSSR count). The number of hydrogen-bond acceptors (Lipinski definition) is 2. The van der Waals surface area contributed by atoms with Crippen LogP contribution in [0.2, 0.25) is 0 Å². The van der Waals surface area contributed by atoms with E-state index < -0.39 is 0 Å². The van der Waals surface area contributed by atoms with Gasteiger partial charge in [0.05, 0.1) is 0 Å². The maximum Gasteiger partial charge on any atom is 0.0332 e. The van der Waals surface area contributed by atoms with E-state index in [1.165, 1.54) is 5.06 Å². The molecule has 0 bridgehead atoms. The Kier molecular flexibility index (Phi) is 2.16. The van der Waals surface area contributed by atoms with Gasteiger partial charge in [0.25, 0.3) is 0 Å². The fourth-order valence-electron chi connectivity index (χ4n) is 1.45. The van der Waals surface area contributed by atoms with Crippen LogP contribution >= 0.6 is 0 Å². The number of nitrogens with zero attached hydrogens (tertiary/aromatic N) is 1. The van der Waals surface area contributed by atoms with Gasteiger partial charge in [0.2, 0.25) is 0 Å². The van der Waals surface area contributed by atoms with E-state index in [1.54, 1.807) is 6.08 Å². The average molecular weight is 153 g/mol. The highest BCUT2D eigenvalue weighted by Crippen LogP contribution is 2.35. The van der Waals surface area contributed by atoms with Gasteiger partial charge in [-0.15, -0.1) is 0 Å². The maximum atomic E-state index is 9.17. The SMILES string of the molecule is C=CC(=C)C1(C)CCN(O)C1. The van der Waals surface area contributed by atoms with E-state index in [4.69, 9.17) is 5.21 Å². The first-order chi connectivity index (χ1) is 5.08. The van der Waals surface area contributed by atoms with E-state index in [-0.39, 0.29) is 5.41 Å². The zero-order valence-corrected chi connectivity index (χ0v) is 7.01. The van der Waals surface area contributed by atoms with Crippen LogP contribution in [0.15, 0.2) is 24.8 Å². The summed E-state index contributed by atoms with van der Waals surface area (Å²) in [5, 5.41) is 10.5. The lowest BCUT2D eigenvalue weighted by atomic mass is 9.82. The molecule has 1 atom stereocenters. The smallest absolute Gasteiger partial charge is 0.0332 e. The Morgan fingerprint density at radius 2 is 2.36 bits per heavy atom. The summed E-state index contributed by atoms with van der Waals surface area (Å²) in [6.45, 7) is 11.1. The molecule has 1 aliphatic heterocycles. The summed E-state index contributed by atoms with van der Waals surface area (Å²) >= 11 is 0. The maximum absolute atomic E-state index is 9.17. The Balaban J connectivity index is 2.68. The molecule has 0 aromatic heterocycles. The molecule has 2 heteroatoms. The average Bonchev–Trinajstić information content (AvgIpc) is 2.31. The first kappa shape index (κ1) is 8.50. The molecule has 0 aliphatic carbocycles. The summed E-state index contributed by atoms with van der Waals surface area (Å²) in [6, 6.07) is 0. The first-order valence-electron chi connectivity index (χ1n) is 3.84. The van der Waals surface area contributed by atoms with Crippen LogP contribution in [0, 0.1) is 5.41 Å². The third-order valence-corrected chi connectivity index (χ3v) is 2.47. The van der Waals surface area contributed by atoms with Crippen LogP contribution < -0.4 is 0 Å². The van der Waals surface area contributed by atoms with Crippen molar-refractivity contribution in [3.63, 3.8) is 0 Å². The molecule has 0 saturated carbocycles. The van der Waals surface area contributed by atoms with E-state index >= 15 is 0 Å². The second-order valence-corrected chi connectivity index (χ2v) is 3.43. The van der Waals surface area contributed by atoms with Crippen molar-refractivity contribution in [2.75, 3.05) is 13.1 Å². The van der Waals surface area contributed by atoms with Crippen molar-refractivity contribution in [3.8, 4) is 0 Å². The summed E-state index contributed by atoms with van der Waals surface area (Å²) in [5.41, 5.74) is 1.06. The molecule has 0 aromatic rings. The van der Waals surface area contributed by atoms with Crippen LogP contribution in [-0.2, 0) is 0 Å². The molecule has 0 radical (unpaired) electrons. The Bertz CT molecular complexity index is 188. The van der Waals surface area contributed by atoms with Crippen molar-refractivity contribution in [3.05, 3.63) is 24.8 Å². The van der Waals surface area contributed by atoms with Crippen molar-refractivity contribution in [2.24, 2.45) is 5.41 Å². The fourth-order valence-corrected chi connectivity index (χ4v) is 1.45. The molecule has 0 spiro atoms. The predicted octanol–water partition coefficient (Wildman–Crippen LogP) is 1.83. The van der Waals surface area contributed by atoms with Gasteiger partial charge in [0.15, 0.2) is 0 Å². The Morgan fingerprint density at radius 3 is 2.73 bits per heavy atom. The van der Waals surface area contributed by atoms with Gasteiger partial charge in [-0.1, -0.05) is 26.2 Å². The van der Waals surface area contributed by atoms with E-state index in [2.05, 4.69) is 20.1 Å². The summed E-state index contributed by atoms with van der Waals surface area (Å²) in [4.78, 5) is 0. The summed E-state index contributed by atoms with van der Waals surface area (Å²) in [5.74, 6) is 0. The van der Waals surface area contributed by atoms with Crippen molar-refractivity contribution in [1.82, 2.24) is 5.06 Å². The molecule has 1 fully saturated rings. The van der Waals surface area contributed by atoms with Gasteiger partial charge in [-0.05, 0) is 12.0 Å². The van der Waals surface area contributed by atoms with Crippen LogP contribution in [0.25, 0.3) is 0 Å². The third-order valence-electron chi connectivity index (χ3n) is 2.47. The van der Waals surface area contributed by atoms with Crippen LogP contribution in [0.3, 0.4) is 0 Å². The number of allylic oxidation sites excluding steroid dienone is 1. The summed E-state index contributed by atoms with van der Waals surface area (Å²) < 4.78 is 0. The topological polar surface area (TPSA) is 23.5 Å². The quantitative estimate of drug-likeness (QED) is 0.612. The number of hydrogen-bond donors (Lipinski definition) is 1. The summed E-state index contributed by atoms with van der Waals surface area (Å²) in [6.07, 6.45) is 2.74. The zero-order chi connectivity index (χ0) is 8.48. The lowest BCUT2D eigenvalue weighted by Crippen LogP contribution is -2.23. The molecule has 62 valence electrons. The summed E-state index contributed by atoms with van der Waals surface area (Å²) in [7, 11) is 0. The Labute approximate surface area is 67.8 Å². The van der Waals surface area contributed by atoms with Crippen LogP contribution in [0.4, 0.5) is 0 Å². The van der Waals surface area contributed by atoms with Gasteiger partial charge >= 0.3 is 0 Å². The minimum absolute atomic E-state index is 0.0382. The normalized spacial score (nSPS) is 32.2. The van der Waals surface area contributed by atoms with Crippen molar-refractivity contribution in [1.29, 1.82) is 0 Å². The van der Waals surface area contributed by atoms with Crippen molar-refractivity contribution < 1.29 is 5.21 Å². The molecular formula is C9H15NO.